The maximum atomic E-state index is 12.0. The van der Waals surface area contributed by atoms with Crippen LogP contribution in [0.1, 0.15) is 15.2 Å². The molecule has 2 amide bonds. The number of rotatable bonds is 6. The van der Waals surface area contributed by atoms with E-state index in [1.807, 2.05) is 24.1 Å². The number of likely N-dealkylation sites (N-methyl/N-ethyl adjacent to an activating group) is 1. The zero-order valence-corrected chi connectivity index (χ0v) is 14.4. The van der Waals surface area contributed by atoms with Gasteiger partial charge in [0.15, 0.2) is 0 Å². The third-order valence-corrected chi connectivity index (χ3v) is 4.53. The van der Waals surface area contributed by atoms with E-state index in [1.54, 1.807) is 35.6 Å². The largest absolute Gasteiger partial charge is 0.366 e. The van der Waals surface area contributed by atoms with Crippen LogP contribution in [-0.4, -0.2) is 30.3 Å². The first-order valence-electron chi connectivity index (χ1n) is 6.56. The summed E-state index contributed by atoms with van der Waals surface area (Å²) in [6, 6.07) is 10.5. The standard InChI is InChI=1S/C15H16BrN3O2S/c1-19(8-12-6-7-13(16)22-12)9-14(20)18-11-4-2-10(3-5-11)15(17)21/h2-7H,8-9H2,1H3,(H2,17,21)(H,18,20). The molecule has 0 saturated carbocycles. The predicted octanol–water partition coefficient (Wildman–Crippen LogP) is 2.68. The molecule has 0 fully saturated rings. The summed E-state index contributed by atoms with van der Waals surface area (Å²) in [5, 5.41) is 2.79. The van der Waals surface area contributed by atoms with Crippen molar-refractivity contribution >= 4 is 44.8 Å². The van der Waals surface area contributed by atoms with E-state index in [4.69, 9.17) is 5.73 Å². The average Bonchev–Trinajstić information content (AvgIpc) is 2.84. The van der Waals surface area contributed by atoms with E-state index < -0.39 is 5.91 Å². The molecule has 0 bridgehead atoms. The molecule has 1 heterocycles. The zero-order chi connectivity index (χ0) is 16.1. The van der Waals surface area contributed by atoms with E-state index in [0.29, 0.717) is 17.8 Å². The molecule has 5 nitrogen and oxygen atoms in total. The van der Waals surface area contributed by atoms with Crippen LogP contribution < -0.4 is 11.1 Å². The summed E-state index contributed by atoms with van der Waals surface area (Å²) in [6.07, 6.45) is 0. The van der Waals surface area contributed by atoms with E-state index in [9.17, 15) is 9.59 Å². The lowest BCUT2D eigenvalue weighted by Crippen LogP contribution is -2.29. The second-order valence-corrected chi connectivity index (χ2v) is 7.42. The number of nitrogens with two attached hydrogens (primary N) is 1. The van der Waals surface area contributed by atoms with Crippen LogP contribution in [0.5, 0.6) is 0 Å². The Kier molecular flexibility index (Phi) is 5.70. The molecule has 0 unspecified atom stereocenters. The maximum absolute atomic E-state index is 12.0. The van der Waals surface area contributed by atoms with Crippen LogP contribution in [0.15, 0.2) is 40.2 Å². The van der Waals surface area contributed by atoms with Gasteiger partial charge in [0.1, 0.15) is 0 Å². The van der Waals surface area contributed by atoms with Gasteiger partial charge in [-0.05, 0) is 59.4 Å². The Morgan fingerprint density at radius 2 is 1.91 bits per heavy atom. The quantitative estimate of drug-likeness (QED) is 0.807. The number of hydrogen-bond donors (Lipinski definition) is 2. The van der Waals surface area contributed by atoms with Gasteiger partial charge in [0, 0.05) is 22.7 Å². The van der Waals surface area contributed by atoms with Crippen molar-refractivity contribution in [2.45, 2.75) is 6.54 Å². The smallest absolute Gasteiger partial charge is 0.248 e. The van der Waals surface area contributed by atoms with Crippen molar-refractivity contribution in [3.8, 4) is 0 Å². The van der Waals surface area contributed by atoms with Crippen LogP contribution in [0.4, 0.5) is 5.69 Å². The average molecular weight is 382 g/mol. The number of primary amides is 1. The molecule has 7 heteroatoms. The number of hydrogen-bond acceptors (Lipinski definition) is 4. The Bertz CT molecular complexity index is 670. The first-order valence-corrected chi connectivity index (χ1v) is 8.17. The minimum Gasteiger partial charge on any atom is -0.366 e. The van der Waals surface area contributed by atoms with Crippen LogP contribution in [0, 0.1) is 0 Å². The van der Waals surface area contributed by atoms with E-state index in [0.717, 1.165) is 3.79 Å². The van der Waals surface area contributed by atoms with Gasteiger partial charge in [-0.1, -0.05) is 0 Å². The summed E-state index contributed by atoms with van der Waals surface area (Å²) in [5.41, 5.74) is 6.23. The van der Waals surface area contributed by atoms with Crippen LogP contribution in [0.3, 0.4) is 0 Å². The normalized spacial score (nSPS) is 10.7. The summed E-state index contributed by atoms with van der Waals surface area (Å²) in [6.45, 7) is 0.997. The van der Waals surface area contributed by atoms with Crippen molar-refractivity contribution in [1.82, 2.24) is 4.90 Å². The van der Waals surface area contributed by atoms with Gasteiger partial charge >= 0.3 is 0 Å². The molecule has 0 spiro atoms. The number of carbonyl (C=O) groups is 2. The number of benzene rings is 1. The summed E-state index contributed by atoms with van der Waals surface area (Å²) >= 11 is 5.07. The highest BCUT2D eigenvalue weighted by Gasteiger charge is 2.09. The van der Waals surface area contributed by atoms with Crippen LogP contribution in [0.25, 0.3) is 0 Å². The molecule has 0 radical (unpaired) electrons. The Labute approximate surface area is 141 Å². The second kappa shape index (κ2) is 7.53. The predicted molar refractivity (Wildman–Crippen MR) is 91.9 cm³/mol. The number of anilines is 1. The lowest BCUT2D eigenvalue weighted by molar-refractivity contribution is -0.117. The molecule has 1 aromatic carbocycles. The Morgan fingerprint density at radius 1 is 1.23 bits per heavy atom. The van der Waals surface area contributed by atoms with Crippen LogP contribution in [-0.2, 0) is 11.3 Å². The number of amides is 2. The van der Waals surface area contributed by atoms with E-state index in [-0.39, 0.29) is 12.5 Å². The summed E-state index contributed by atoms with van der Waals surface area (Å²) in [4.78, 5) is 26.1. The number of nitrogens with one attached hydrogen (secondary N) is 1. The van der Waals surface area contributed by atoms with Gasteiger partial charge in [0.2, 0.25) is 11.8 Å². The monoisotopic (exact) mass is 381 g/mol. The molecular weight excluding hydrogens is 366 g/mol. The van der Waals surface area contributed by atoms with Gasteiger partial charge in [-0.15, -0.1) is 11.3 Å². The summed E-state index contributed by atoms with van der Waals surface area (Å²) in [7, 11) is 1.89. The van der Waals surface area contributed by atoms with Crippen molar-refractivity contribution in [1.29, 1.82) is 0 Å². The van der Waals surface area contributed by atoms with Crippen molar-refractivity contribution in [3.63, 3.8) is 0 Å². The molecule has 0 aliphatic carbocycles. The molecule has 0 aliphatic rings. The highest BCUT2D eigenvalue weighted by atomic mass is 79.9. The molecule has 0 atom stereocenters. The second-order valence-electron chi connectivity index (χ2n) is 4.87. The van der Waals surface area contributed by atoms with Gasteiger partial charge in [-0.2, -0.15) is 0 Å². The third kappa shape index (κ3) is 4.94. The zero-order valence-electron chi connectivity index (χ0n) is 12.0. The molecule has 116 valence electrons. The van der Waals surface area contributed by atoms with E-state index in [1.165, 1.54) is 4.88 Å². The SMILES string of the molecule is CN(CC(=O)Nc1ccc(C(N)=O)cc1)Cc1ccc(Br)s1. The number of nitrogens with zero attached hydrogens (tertiary/aromatic N) is 1. The first-order chi connectivity index (χ1) is 10.4. The summed E-state index contributed by atoms with van der Waals surface area (Å²) in [5.74, 6) is -0.593. The Hall–Kier alpha value is -1.70. The van der Waals surface area contributed by atoms with Crippen molar-refractivity contribution in [3.05, 3.63) is 50.6 Å². The van der Waals surface area contributed by atoms with E-state index in [2.05, 4.69) is 21.2 Å². The van der Waals surface area contributed by atoms with Gasteiger partial charge in [-0.25, -0.2) is 0 Å². The Balaban J connectivity index is 1.85. The number of halogens is 1. The fourth-order valence-electron chi connectivity index (χ4n) is 1.92. The van der Waals surface area contributed by atoms with E-state index >= 15 is 0 Å². The van der Waals surface area contributed by atoms with Crippen molar-refractivity contribution in [2.75, 3.05) is 18.9 Å². The topological polar surface area (TPSA) is 75.4 Å². The van der Waals surface area contributed by atoms with Gasteiger partial charge in [-0.3, -0.25) is 14.5 Å². The number of carbonyl (C=O) groups excluding carboxylic acids is 2. The van der Waals surface area contributed by atoms with Crippen molar-refractivity contribution < 1.29 is 9.59 Å². The van der Waals surface area contributed by atoms with Crippen LogP contribution in [0.2, 0.25) is 0 Å². The highest BCUT2D eigenvalue weighted by Crippen LogP contribution is 2.22. The minimum absolute atomic E-state index is 0.107. The number of thiophene rings is 1. The lowest BCUT2D eigenvalue weighted by Gasteiger charge is -2.15. The molecule has 2 aromatic rings. The molecule has 0 saturated heterocycles. The van der Waals surface area contributed by atoms with Crippen molar-refractivity contribution in [2.24, 2.45) is 5.73 Å². The summed E-state index contributed by atoms with van der Waals surface area (Å²) < 4.78 is 1.08. The van der Waals surface area contributed by atoms with Gasteiger partial charge < -0.3 is 11.1 Å². The Morgan fingerprint density at radius 3 is 2.45 bits per heavy atom. The molecule has 22 heavy (non-hydrogen) atoms. The molecule has 2 rings (SSSR count). The van der Waals surface area contributed by atoms with Gasteiger partial charge in [0.25, 0.3) is 0 Å². The first kappa shape index (κ1) is 16.7. The van der Waals surface area contributed by atoms with Gasteiger partial charge in [0.05, 0.1) is 10.3 Å². The fraction of sp³-hybridized carbons (Fsp3) is 0.200. The minimum atomic E-state index is -0.486. The molecule has 1 aromatic heterocycles. The maximum Gasteiger partial charge on any atom is 0.248 e. The molecular formula is C15H16BrN3O2S. The van der Waals surface area contributed by atoms with Crippen LogP contribution >= 0.6 is 27.3 Å². The molecule has 0 aliphatic heterocycles. The lowest BCUT2D eigenvalue weighted by atomic mass is 10.2. The third-order valence-electron chi connectivity index (χ3n) is 2.92. The fourth-order valence-corrected chi connectivity index (χ4v) is 3.49. The highest BCUT2D eigenvalue weighted by molar-refractivity contribution is 9.11. The molecule has 3 N–H and O–H groups in total.